The molecule has 0 aliphatic carbocycles. The number of hydrogen-bond donors (Lipinski definition) is 1. The molecule has 25 heavy (non-hydrogen) atoms. The molecule has 0 spiro atoms. The van der Waals surface area contributed by atoms with Crippen LogP contribution in [-0.4, -0.2) is 17.6 Å². The summed E-state index contributed by atoms with van der Waals surface area (Å²) in [7, 11) is 0.912. The summed E-state index contributed by atoms with van der Waals surface area (Å²) in [5.41, 5.74) is 0.475. The Morgan fingerprint density at radius 3 is 2.36 bits per heavy atom. The Labute approximate surface area is 135 Å². The normalized spacial score (nSPS) is 11.3. The fraction of sp³-hybridized carbons (Fsp3) is 0.143. The third-order valence-electron chi connectivity index (χ3n) is 3.23. The lowest BCUT2D eigenvalue weighted by atomic mass is 10.1. The molecule has 11 heteroatoms. The highest BCUT2D eigenvalue weighted by atomic mass is 19.4. The summed E-state index contributed by atoms with van der Waals surface area (Å²) in [5, 5.41) is 8.90. The van der Waals surface area contributed by atoms with Gasteiger partial charge in [-0.2, -0.15) is 18.4 Å². The van der Waals surface area contributed by atoms with E-state index in [1.54, 1.807) is 6.07 Å². The van der Waals surface area contributed by atoms with E-state index in [9.17, 15) is 31.1 Å². The number of rotatable bonds is 2. The predicted octanol–water partition coefficient (Wildman–Crippen LogP) is 3.15. The molecule has 0 aliphatic heterocycles. The first-order valence-electron chi connectivity index (χ1n) is 6.28. The fourth-order valence-corrected chi connectivity index (χ4v) is 2.12. The number of nitrogen functional groups attached to an aromatic ring is 1. The van der Waals surface area contributed by atoms with E-state index in [2.05, 4.69) is 4.74 Å². The number of aromatic nitrogens is 1. The van der Waals surface area contributed by atoms with Crippen LogP contribution in [-0.2, 0) is 10.9 Å². The van der Waals surface area contributed by atoms with Crippen LogP contribution in [0.3, 0.4) is 0 Å². The van der Waals surface area contributed by atoms with Gasteiger partial charge in [-0.1, -0.05) is 0 Å². The average Bonchev–Trinajstić information content (AvgIpc) is 2.85. The van der Waals surface area contributed by atoms with Crippen LogP contribution in [0.25, 0.3) is 5.69 Å². The molecular formula is C14H7F6N3O2. The number of ether oxygens (including phenoxy) is 1. The SMILES string of the molecule is COC(=O)c1c(N)c(C#N)cn1-c1cc(F)c(C(F)(F)F)c(F)c1F. The van der Waals surface area contributed by atoms with E-state index >= 15 is 0 Å². The van der Waals surface area contributed by atoms with Gasteiger partial charge in [-0.15, -0.1) is 0 Å². The molecule has 132 valence electrons. The van der Waals surface area contributed by atoms with Crippen LogP contribution < -0.4 is 5.73 Å². The molecular weight excluding hydrogens is 356 g/mol. The molecule has 0 fully saturated rings. The first-order valence-corrected chi connectivity index (χ1v) is 6.28. The Morgan fingerprint density at radius 1 is 1.28 bits per heavy atom. The van der Waals surface area contributed by atoms with Gasteiger partial charge in [0.1, 0.15) is 17.4 Å². The second-order valence-corrected chi connectivity index (χ2v) is 4.66. The second kappa shape index (κ2) is 6.04. The maximum absolute atomic E-state index is 14.1. The van der Waals surface area contributed by atoms with E-state index in [4.69, 9.17) is 11.0 Å². The molecule has 0 saturated carbocycles. The largest absolute Gasteiger partial charge is 0.464 e. The third-order valence-corrected chi connectivity index (χ3v) is 3.23. The minimum atomic E-state index is -5.48. The molecule has 0 bridgehead atoms. The fourth-order valence-electron chi connectivity index (χ4n) is 2.12. The number of benzene rings is 1. The van der Waals surface area contributed by atoms with Crippen molar-refractivity contribution in [2.24, 2.45) is 0 Å². The van der Waals surface area contributed by atoms with Crippen molar-refractivity contribution in [1.29, 1.82) is 5.26 Å². The van der Waals surface area contributed by atoms with Crippen LogP contribution in [0.2, 0.25) is 0 Å². The highest BCUT2D eigenvalue weighted by molar-refractivity contribution is 5.95. The number of anilines is 1. The van der Waals surface area contributed by atoms with E-state index in [1.807, 2.05) is 0 Å². The topological polar surface area (TPSA) is 81.0 Å². The Hall–Kier alpha value is -3.16. The van der Waals surface area contributed by atoms with Crippen molar-refractivity contribution in [2.45, 2.75) is 6.18 Å². The van der Waals surface area contributed by atoms with Crippen LogP contribution in [0.15, 0.2) is 12.3 Å². The minimum absolute atomic E-state index is 0.0360. The van der Waals surface area contributed by atoms with Crippen molar-refractivity contribution in [2.75, 3.05) is 12.8 Å². The van der Waals surface area contributed by atoms with Crippen molar-refractivity contribution >= 4 is 11.7 Å². The Bertz CT molecular complexity index is 911. The van der Waals surface area contributed by atoms with Gasteiger partial charge in [0.2, 0.25) is 0 Å². The van der Waals surface area contributed by atoms with Crippen LogP contribution in [0.4, 0.5) is 32.0 Å². The molecule has 0 atom stereocenters. The van der Waals surface area contributed by atoms with Crippen LogP contribution in [0, 0.1) is 28.8 Å². The summed E-state index contributed by atoms with van der Waals surface area (Å²) in [6.45, 7) is 0. The van der Waals surface area contributed by atoms with E-state index in [1.165, 1.54) is 0 Å². The number of methoxy groups -OCH3 is 1. The Morgan fingerprint density at radius 2 is 1.88 bits per heavy atom. The summed E-state index contributed by atoms with van der Waals surface area (Å²) >= 11 is 0. The van der Waals surface area contributed by atoms with Gasteiger partial charge in [0, 0.05) is 12.3 Å². The number of nitriles is 1. The van der Waals surface area contributed by atoms with Gasteiger partial charge in [0.05, 0.1) is 24.0 Å². The number of nitrogens with two attached hydrogens (primary N) is 1. The molecule has 1 aromatic carbocycles. The predicted molar refractivity (Wildman–Crippen MR) is 71.1 cm³/mol. The summed E-state index contributed by atoms with van der Waals surface area (Å²) in [4.78, 5) is 11.7. The van der Waals surface area contributed by atoms with Crippen molar-refractivity contribution in [3.63, 3.8) is 0 Å². The third kappa shape index (κ3) is 2.86. The van der Waals surface area contributed by atoms with E-state index < -0.39 is 52.2 Å². The number of halogens is 6. The zero-order valence-electron chi connectivity index (χ0n) is 12.2. The van der Waals surface area contributed by atoms with Crippen molar-refractivity contribution in [3.05, 3.63) is 46.5 Å². The monoisotopic (exact) mass is 363 g/mol. The zero-order valence-corrected chi connectivity index (χ0v) is 12.2. The van der Waals surface area contributed by atoms with Crippen LogP contribution >= 0.6 is 0 Å². The molecule has 2 N–H and O–H groups in total. The van der Waals surface area contributed by atoms with Gasteiger partial charge in [0.15, 0.2) is 17.3 Å². The van der Waals surface area contributed by atoms with Crippen molar-refractivity contribution in [1.82, 2.24) is 4.57 Å². The van der Waals surface area contributed by atoms with E-state index in [-0.39, 0.29) is 11.6 Å². The second-order valence-electron chi connectivity index (χ2n) is 4.66. The van der Waals surface area contributed by atoms with Crippen LogP contribution in [0.1, 0.15) is 21.6 Å². The van der Waals surface area contributed by atoms with Crippen molar-refractivity contribution in [3.8, 4) is 11.8 Å². The molecule has 0 aliphatic rings. The minimum Gasteiger partial charge on any atom is -0.464 e. The summed E-state index contributed by atoms with van der Waals surface area (Å²) in [6.07, 6.45) is -4.74. The lowest BCUT2D eigenvalue weighted by Crippen LogP contribution is -2.17. The molecule has 1 aromatic heterocycles. The van der Waals surface area contributed by atoms with Gasteiger partial charge in [-0.25, -0.2) is 18.0 Å². The Kier molecular flexibility index (Phi) is 4.40. The van der Waals surface area contributed by atoms with Gasteiger partial charge in [-0.3, -0.25) is 0 Å². The lowest BCUT2D eigenvalue weighted by molar-refractivity contribution is -0.142. The standard InChI is InChI=1S/C14H7F6N3O2/c1-25-13(24)12-11(22)5(3-21)4-23(12)7-2-6(15)8(14(18,19)20)10(17)9(7)16/h2,4H,22H2,1H3. The maximum atomic E-state index is 14.1. The number of nitrogens with zero attached hydrogens (tertiary/aromatic N) is 2. The molecule has 5 nitrogen and oxygen atoms in total. The zero-order chi connectivity index (χ0) is 19.1. The quantitative estimate of drug-likeness (QED) is 0.505. The highest BCUT2D eigenvalue weighted by Crippen LogP contribution is 2.37. The number of hydrogen-bond acceptors (Lipinski definition) is 4. The number of carbonyl (C=O) groups is 1. The van der Waals surface area contributed by atoms with Gasteiger partial charge >= 0.3 is 12.1 Å². The number of carbonyl (C=O) groups excluding carboxylic acids is 1. The summed E-state index contributed by atoms with van der Waals surface area (Å²) in [6, 6.07) is 1.58. The number of alkyl halides is 3. The van der Waals surface area contributed by atoms with E-state index in [0.717, 1.165) is 13.3 Å². The van der Waals surface area contributed by atoms with Crippen LogP contribution in [0.5, 0.6) is 0 Å². The average molecular weight is 363 g/mol. The Balaban J connectivity index is 2.86. The molecule has 0 radical (unpaired) electrons. The summed E-state index contributed by atoms with van der Waals surface area (Å²) < 4.78 is 84.3. The molecule has 0 amide bonds. The first kappa shape index (κ1) is 18.2. The van der Waals surface area contributed by atoms with Gasteiger partial charge in [0.25, 0.3) is 0 Å². The van der Waals surface area contributed by atoms with Gasteiger partial charge < -0.3 is 15.0 Å². The first-order chi connectivity index (χ1) is 11.5. The van der Waals surface area contributed by atoms with Crippen molar-refractivity contribution < 1.29 is 35.9 Å². The van der Waals surface area contributed by atoms with Gasteiger partial charge in [-0.05, 0) is 0 Å². The smallest absolute Gasteiger partial charge is 0.422 e. The molecule has 2 rings (SSSR count). The summed E-state index contributed by atoms with van der Waals surface area (Å²) in [5.74, 6) is -7.88. The number of esters is 1. The molecule has 0 unspecified atom stereocenters. The lowest BCUT2D eigenvalue weighted by Gasteiger charge is -2.14. The molecule has 2 aromatic rings. The maximum Gasteiger partial charge on any atom is 0.422 e. The molecule has 0 saturated heterocycles. The van der Waals surface area contributed by atoms with E-state index in [0.29, 0.717) is 4.57 Å². The molecule has 1 heterocycles. The highest BCUT2D eigenvalue weighted by Gasteiger charge is 2.40.